The van der Waals surface area contributed by atoms with Crippen LogP contribution in [-0.2, 0) is 6.54 Å². The van der Waals surface area contributed by atoms with Crippen LogP contribution in [0.4, 0.5) is 5.69 Å². The maximum absolute atomic E-state index is 11.2. The summed E-state index contributed by atoms with van der Waals surface area (Å²) in [5.74, 6) is -0.410. The number of amides is 1. The van der Waals surface area contributed by atoms with E-state index in [9.17, 15) is 4.79 Å². The van der Waals surface area contributed by atoms with Gasteiger partial charge in [0.05, 0.1) is 18.6 Å². The SMILES string of the molecule is Cc1c(NCc2cnc[nH]2)cccc1C(N)=O. The molecule has 0 radical (unpaired) electrons. The lowest BCUT2D eigenvalue weighted by Gasteiger charge is -2.10. The summed E-state index contributed by atoms with van der Waals surface area (Å²) < 4.78 is 0. The van der Waals surface area contributed by atoms with Crippen LogP contribution in [-0.4, -0.2) is 15.9 Å². The zero-order valence-corrected chi connectivity index (χ0v) is 9.53. The molecule has 17 heavy (non-hydrogen) atoms. The fraction of sp³-hybridized carbons (Fsp3) is 0.167. The second kappa shape index (κ2) is 4.69. The summed E-state index contributed by atoms with van der Waals surface area (Å²) in [5, 5.41) is 3.23. The summed E-state index contributed by atoms with van der Waals surface area (Å²) in [6.45, 7) is 2.50. The van der Waals surface area contributed by atoms with Gasteiger partial charge in [0.15, 0.2) is 0 Å². The third kappa shape index (κ3) is 2.44. The lowest BCUT2D eigenvalue weighted by Crippen LogP contribution is -2.13. The zero-order chi connectivity index (χ0) is 12.3. The Labute approximate surface area is 99.1 Å². The van der Waals surface area contributed by atoms with Crippen molar-refractivity contribution < 1.29 is 4.79 Å². The molecular weight excluding hydrogens is 216 g/mol. The molecule has 2 rings (SSSR count). The van der Waals surface area contributed by atoms with Crippen molar-refractivity contribution in [3.8, 4) is 0 Å². The largest absolute Gasteiger partial charge is 0.379 e. The van der Waals surface area contributed by atoms with Gasteiger partial charge in [-0.3, -0.25) is 4.79 Å². The molecule has 0 aliphatic carbocycles. The molecule has 0 unspecified atom stereocenters. The second-order valence-electron chi connectivity index (χ2n) is 3.77. The number of anilines is 1. The first kappa shape index (κ1) is 11.2. The van der Waals surface area contributed by atoms with E-state index in [2.05, 4.69) is 15.3 Å². The second-order valence-corrected chi connectivity index (χ2v) is 3.77. The molecule has 5 nitrogen and oxygen atoms in total. The number of imidazole rings is 1. The predicted molar refractivity (Wildman–Crippen MR) is 65.6 cm³/mol. The highest BCUT2D eigenvalue weighted by molar-refractivity contribution is 5.95. The summed E-state index contributed by atoms with van der Waals surface area (Å²) in [5.41, 5.74) is 8.57. The number of nitrogens with zero attached hydrogens (tertiary/aromatic N) is 1. The van der Waals surface area contributed by atoms with Crippen molar-refractivity contribution in [2.24, 2.45) is 5.73 Å². The molecule has 0 spiro atoms. The van der Waals surface area contributed by atoms with E-state index in [-0.39, 0.29) is 0 Å². The summed E-state index contributed by atoms with van der Waals surface area (Å²) in [6.07, 6.45) is 3.38. The first-order chi connectivity index (χ1) is 8.18. The summed E-state index contributed by atoms with van der Waals surface area (Å²) in [4.78, 5) is 18.1. The van der Waals surface area contributed by atoms with Crippen molar-refractivity contribution in [2.75, 3.05) is 5.32 Å². The number of rotatable bonds is 4. The number of aromatic nitrogens is 2. The Kier molecular flexibility index (Phi) is 3.09. The molecule has 4 N–H and O–H groups in total. The van der Waals surface area contributed by atoms with E-state index in [0.29, 0.717) is 12.1 Å². The summed E-state index contributed by atoms with van der Waals surface area (Å²) in [6, 6.07) is 5.44. The molecule has 0 fully saturated rings. The maximum atomic E-state index is 11.2. The number of aromatic amines is 1. The average molecular weight is 230 g/mol. The van der Waals surface area contributed by atoms with Crippen LogP contribution in [0.3, 0.4) is 0 Å². The van der Waals surface area contributed by atoms with Crippen LogP contribution in [0.25, 0.3) is 0 Å². The van der Waals surface area contributed by atoms with Crippen molar-refractivity contribution in [3.63, 3.8) is 0 Å². The van der Waals surface area contributed by atoms with Crippen molar-refractivity contribution in [1.82, 2.24) is 9.97 Å². The number of hydrogen-bond acceptors (Lipinski definition) is 3. The minimum absolute atomic E-state index is 0.410. The van der Waals surface area contributed by atoms with Gasteiger partial charge in [0.25, 0.3) is 0 Å². The Morgan fingerprint density at radius 1 is 1.53 bits per heavy atom. The summed E-state index contributed by atoms with van der Waals surface area (Å²) in [7, 11) is 0. The molecule has 5 heteroatoms. The van der Waals surface area contributed by atoms with Crippen molar-refractivity contribution in [2.45, 2.75) is 13.5 Å². The number of nitrogens with one attached hydrogen (secondary N) is 2. The number of carbonyl (C=O) groups excluding carboxylic acids is 1. The number of carbonyl (C=O) groups is 1. The molecule has 2 aromatic rings. The van der Waals surface area contributed by atoms with Gasteiger partial charge in [-0.05, 0) is 24.6 Å². The molecule has 1 aromatic heterocycles. The van der Waals surface area contributed by atoms with Gasteiger partial charge < -0.3 is 16.0 Å². The molecule has 0 saturated heterocycles. The number of nitrogens with two attached hydrogens (primary N) is 1. The minimum Gasteiger partial charge on any atom is -0.379 e. The van der Waals surface area contributed by atoms with Gasteiger partial charge in [-0.15, -0.1) is 0 Å². The monoisotopic (exact) mass is 230 g/mol. The predicted octanol–water partition coefficient (Wildman–Crippen LogP) is 1.43. The normalized spacial score (nSPS) is 10.2. The molecule has 0 aliphatic heterocycles. The molecule has 0 bridgehead atoms. The average Bonchev–Trinajstić information content (AvgIpc) is 2.80. The smallest absolute Gasteiger partial charge is 0.249 e. The molecule has 0 atom stereocenters. The number of H-pyrrole nitrogens is 1. The van der Waals surface area contributed by atoms with Gasteiger partial charge in [-0.2, -0.15) is 0 Å². The van der Waals surface area contributed by atoms with E-state index in [4.69, 9.17) is 5.73 Å². The molecule has 1 amide bonds. The molecule has 1 aromatic carbocycles. The van der Waals surface area contributed by atoms with Crippen molar-refractivity contribution >= 4 is 11.6 Å². The van der Waals surface area contributed by atoms with Gasteiger partial charge in [0.1, 0.15) is 0 Å². The van der Waals surface area contributed by atoms with Crippen LogP contribution in [0.1, 0.15) is 21.6 Å². The van der Waals surface area contributed by atoms with Crippen LogP contribution in [0, 0.1) is 6.92 Å². The highest BCUT2D eigenvalue weighted by atomic mass is 16.1. The highest BCUT2D eigenvalue weighted by Gasteiger charge is 2.07. The van der Waals surface area contributed by atoms with Crippen molar-refractivity contribution in [1.29, 1.82) is 0 Å². The van der Waals surface area contributed by atoms with E-state index >= 15 is 0 Å². The lowest BCUT2D eigenvalue weighted by atomic mass is 10.1. The van der Waals surface area contributed by atoms with Gasteiger partial charge in [0.2, 0.25) is 5.91 Å². The first-order valence-electron chi connectivity index (χ1n) is 5.29. The number of hydrogen-bond donors (Lipinski definition) is 3. The third-order valence-electron chi connectivity index (χ3n) is 2.62. The van der Waals surface area contributed by atoms with E-state index in [1.807, 2.05) is 19.1 Å². The lowest BCUT2D eigenvalue weighted by molar-refractivity contribution is 0.1000. The van der Waals surface area contributed by atoms with Gasteiger partial charge in [0, 0.05) is 17.4 Å². The standard InChI is InChI=1S/C12H14N4O/c1-8-10(12(13)17)3-2-4-11(8)15-6-9-5-14-7-16-9/h2-5,7,15H,6H2,1H3,(H2,13,17)(H,14,16). The Bertz CT molecular complexity index is 519. The number of primary amides is 1. The Morgan fingerprint density at radius 3 is 3.00 bits per heavy atom. The fourth-order valence-electron chi connectivity index (χ4n) is 1.67. The summed E-state index contributed by atoms with van der Waals surface area (Å²) >= 11 is 0. The quantitative estimate of drug-likeness (QED) is 0.742. The Morgan fingerprint density at radius 2 is 2.35 bits per heavy atom. The van der Waals surface area contributed by atoms with E-state index in [1.54, 1.807) is 18.6 Å². The van der Waals surface area contributed by atoms with E-state index in [1.165, 1.54) is 0 Å². The zero-order valence-electron chi connectivity index (χ0n) is 9.53. The van der Waals surface area contributed by atoms with Crippen LogP contribution < -0.4 is 11.1 Å². The molecule has 1 heterocycles. The fourth-order valence-corrected chi connectivity index (χ4v) is 1.67. The maximum Gasteiger partial charge on any atom is 0.249 e. The Balaban J connectivity index is 2.16. The van der Waals surface area contributed by atoms with Crippen LogP contribution in [0.2, 0.25) is 0 Å². The van der Waals surface area contributed by atoms with Gasteiger partial charge in [-0.25, -0.2) is 4.98 Å². The van der Waals surface area contributed by atoms with Gasteiger partial charge >= 0.3 is 0 Å². The minimum atomic E-state index is -0.410. The van der Waals surface area contributed by atoms with Crippen LogP contribution in [0.15, 0.2) is 30.7 Å². The van der Waals surface area contributed by atoms with Crippen LogP contribution in [0.5, 0.6) is 0 Å². The van der Waals surface area contributed by atoms with Gasteiger partial charge in [-0.1, -0.05) is 6.07 Å². The molecule has 0 saturated carbocycles. The van der Waals surface area contributed by atoms with E-state index in [0.717, 1.165) is 16.9 Å². The van der Waals surface area contributed by atoms with Crippen LogP contribution >= 0.6 is 0 Å². The molecule has 88 valence electrons. The highest BCUT2D eigenvalue weighted by Crippen LogP contribution is 2.18. The molecular formula is C12H14N4O. The first-order valence-corrected chi connectivity index (χ1v) is 5.29. The Hall–Kier alpha value is -2.30. The third-order valence-corrected chi connectivity index (χ3v) is 2.62. The molecule has 0 aliphatic rings. The topological polar surface area (TPSA) is 83.8 Å². The number of benzene rings is 1. The van der Waals surface area contributed by atoms with Crippen molar-refractivity contribution in [3.05, 3.63) is 47.5 Å². The van der Waals surface area contributed by atoms with E-state index < -0.39 is 5.91 Å².